The van der Waals surface area contributed by atoms with E-state index in [4.69, 9.17) is 4.42 Å². The van der Waals surface area contributed by atoms with Gasteiger partial charge >= 0.3 is 0 Å². The van der Waals surface area contributed by atoms with E-state index in [9.17, 15) is 8.42 Å². The Kier molecular flexibility index (Phi) is 3.53. The molecule has 2 heterocycles. The van der Waals surface area contributed by atoms with E-state index in [1.165, 1.54) is 12.4 Å². The van der Waals surface area contributed by atoms with Crippen molar-refractivity contribution in [1.29, 1.82) is 0 Å². The quantitative estimate of drug-likeness (QED) is 0.862. The average Bonchev–Trinajstić information content (AvgIpc) is 2.88. The molecule has 6 nitrogen and oxygen atoms in total. The molecule has 0 aromatic carbocycles. The molecule has 0 atom stereocenters. The van der Waals surface area contributed by atoms with Crippen molar-refractivity contribution in [1.82, 2.24) is 15.1 Å². The number of furan rings is 1. The van der Waals surface area contributed by atoms with E-state index >= 15 is 0 Å². The summed E-state index contributed by atoms with van der Waals surface area (Å²) in [5, 5.41) is 6.98. The molecule has 2 aromatic rings. The predicted molar refractivity (Wildman–Crippen MR) is 65.9 cm³/mol. The van der Waals surface area contributed by atoms with E-state index in [0.717, 1.165) is 17.8 Å². The van der Waals surface area contributed by atoms with Crippen LogP contribution in [0.5, 0.6) is 0 Å². The Bertz CT molecular complexity index is 628. The number of rotatable bonds is 5. The fourth-order valence-corrected chi connectivity index (χ4v) is 2.11. The van der Waals surface area contributed by atoms with Crippen LogP contribution >= 0.6 is 0 Å². The summed E-state index contributed by atoms with van der Waals surface area (Å²) in [6, 6.07) is 3.74. The maximum Gasteiger partial charge on any atom is 0.178 e. The molecule has 7 heteroatoms. The first-order chi connectivity index (χ1) is 8.49. The first-order valence-electron chi connectivity index (χ1n) is 5.44. The highest BCUT2D eigenvalue weighted by Gasteiger charge is 2.10. The molecule has 0 saturated heterocycles. The fraction of sp³-hybridized carbons (Fsp3) is 0.364. The van der Waals surface area contributed by atoms with Crippen molar-refractivity contribution < 1.29 is 12.8 Å². The average molecular weight is 269 g/mol. The van der Waals surface area contributed by atoms with Crippen LogP contribution in [0.25, 0.3) is 0 Å². The molecule has 18 heavy (non-hydrogen) atoms. The second-order valence-electron chi connectivity index (χ2n) is 4.04. The first kappa shape index (κ1) is 12.8. The molecule has 0 saturated carbocycles. The second-order valence-corrected chi connectivity index (χ2v) is 6.06. The first-order valence-corrected chi connectivity index (χ1v) is 7.33. The summed E-state index contributed by atoms with van der Waals surface area (Å²) in [7, 11) is -1.36. The van der Waals surface area contributed by atoms with Crippen LogP contribution in [0.2, 0.25) is 0 Å². The summed E-state index contributed by atoms with van der Waals surface area (Å²) in [5.41, 5.74) is 0. The second kappa shape index (κ2) is 4.95. The summed E-state index contributed by atoms with van der Waals surface area (Å²) in [6.07, 6.45) is 3.99. The van der Waals surface area contributed by atoms with E-state index in [2.05, 4.69) is 10.4 Å². The minimum Gasteiger partial charge on any atom is -0.463 e. The number of nitrogens with one attached hydrogen (secondary N) is 1. The molecule has 0 unspecified atom stereocenters. The van der Waals surface area contributed by atoms with E-state index in [-0.39, 0.29) is 4.90 Å². The zero-order valence-electron chi connectivity index (χ0n) is 10.3. The van der Waals surface area contributed by atoms with Gasteiger partial charge in [-0.1, -0.05) is 0 Å². The maximum absolute atomic E-state index is 11.3. The molecule has 0 amide bonds. The zero-order valence-corrected chi connectivity index (χ0v) is 11.1. The molecular formula is C11H15N3O3S. The van der Waals surface area contributed by atoms with Crippen molar-refractivity contribution in [2.24, 2.45) is 0 Å². The Morgan fingerprint density at radius 1 is 1.39 bits per heavy atom. The summed E-state index contributed by atoms with van der Waals surface area (Å²) in [5.74, 6) is 1.58. The lowest BCUT2D eigenvalue weighted by atomic mass is 10.4. The van der Waals surface area contributed by atoms with Gasteiger partial charge in [0, 0.05) is 12.5 Å². The lowest BCUT2D eigenvalue weighted by molar-refractivity contribution is 0.436. The van der Waals surface area contributed by atoms with Gasteiger partial charge in [-0.25, -0.2) is 8.42 Å². The SMILES string of the molecule is CNCc1ccc(Cn2cc(S(C)(=O)=O)cn2)o1. The Balaban J connectivity index is 2.11. The van der Waals surface area contributed by atoms with Gasteiger partial charge in [0.05, 0.1) is 19.3 Å². The van der Waals surface area contributed by atoms with Crippen LogP contribution in [0.4, 0.5) is 0 Å². The normalized spacial score (nSPS) is 11.9. The van der Waals surface area contributed by atoms with Gasteiger partial charge in [0.2, 0.25) is 0 Å². The monoisotopic (exact) mass is 269 g/mol. The number of hydrogen-bond acceptors (Lipinski definition) is 5. The number of aromatic nitrogens is 2. The number of hydrogen-bond donors (Lipinski definition) is 1. The largest absolute Gasteiger partial charge is 0.463 e. The van der Waals surface area contributed by atoms with Crippen LogP contribution in [-0.4, -0.2) is 31.5 Å². The van der Waals surface area contributed by atoms with Crippen molar-refractivity contribution in [2.75, 3.05) is 13.3 Å². The molecule has 0 aliphatic rings. The lowest BCUT2D eigenvalue weighted by Crippen LogP contribution is -2.03. The lowest BCUT2D eigenvalue weighted by Gasteiger charge is -1.98. The van der Waals surface area contributed by atoms with Crippen molar-refractivity contribution in [3.05, 3.63) is 36.0 Å². The third kappa shape index (κ3) is 2.99. The van der Waals surface area contributed by atoms with Crippen molar-refractivity contribution in [3.63, 3.8) is 0 Å². The zero-order chi connectivity index (χ0) is 13.2. The summed E-state index contributed by atoms with van der Waals surface area (Å²) in [6.45, 7) is 1.08. The van der Waals surface area contributed by atoms with Gasteiger partial charge in [0.25, 0.3) is 0 Å². The summed E-state index contributed by atoms with van der Waals surface area (Å²) in [4.78, 5) is 0.213. The van der Waals surface area contributed by atoms with Gasteiger partial charge in [-0.3, -0.25) is 4.68 Å². The van der Waals surface area contributed by atoms with Gasteiger partial charge < -0.3 is 9.73 Å². The van der Waals surface area contributed by atoms with Crippen LogP contribution in [0.15, 0.2) is 33.8 Å². The van der Waals surface area contributed by atoms with Gasteiger partial charge in [0.1, 0.15) is 16.4 Å². The van der Waals surface area contributed by atoms with E-state index < -0.39 is 9.84 Å². The highest BCUT2D eigenvalue weighted by atomic mass is 32.2. The van der Waals surface area contributed by atoms with Crippen LogP contribution in [-0.2, 0) is 22.9 Å². The molecule has 0 fully saturated rings. The number of nitrogens with zero attached hydrogens (tertiary/aromatic N) is 2. The van der Waals surface area contributed by atoms with Crippen molar-refractivity contribution in [2.45, 2.75) is 18.0 Å². The molecular weight excluding hydrogens is 254 g/mol. The Labute approximate surface area is 106 Å². The fourth-order valence-electron chi connectivity index (χ4n) is 1.56. The van der Waals surface area contributed by atoms with Crippen LogP contribution in [0.3, 0.4) is 0 Å². The van der Waals surface area contributed by atoms with Gasteiger partial charge in [0.15, 0.2) is 9.84 Å². The van der Waals surface area contributed by atoms with Crippen molar-refractivity contribution in [3.8, 4) is 0 Å². The molecule has 1 N–H and O–H groups in total. The molecule has 98 valence electrons. The third-order valence-corrected chi connectivity index (χ3v) is 3.49. The van der Waals surface area contributed by atoms with E-state index in [1.807, 2.05) is 19.2 Å². The van der Waals surface area contributed by atoms with E-state index in [1.54, 1.807) is 4.68 Å². The maximum atomic E-state index is 11.3. The highest BCUT2D eigenvalue weighted by Crippen LogP contribution is 2.11. The Morgan fingerprint density at radius 2 is 2.11 bits per heavy atom. The molecule has 0 bridgehead atoms. The van der Waals surface area contributed by atoms with Crippen molar-refractivity contribution >= 4 is 9.84 Å². The predicted octanol–water partition coefficient (Wildman–Crippen LogP) is 0.647. The third-order valence-electron chi connectivity index (χ3n) is 2.42. The highest BCUT2D eigenvalue weighted by molar-refractivity contribution is 7.90. The molecule has 0 aliphatic heterocycles. The van der Waals surface area contributed by atoms with Crippen LogP contribution < -0.4 is 5.32 Å². The summed E-state index contributed by atoms with van der Waals surface area (Å²) < 4.78 is 29.7. The minimum absolute atomic E-state index is 0.213. The van der Waals surface area contributed by atoms with Gasteiger partial charge in [-0.2, -0.15) is 5.10 Å². The molecule has 0 aliphatic carbocycles. The Morgan fingerprint density at radius 3 is 2.72 bits per heavy atom. The molecule has 2 rings (SSSR count). The summed E-state index contributed by atoms with van der Waals surface area (Å²) >= 11 is 0. The molecule has 2 aromatic heterocycles. The van der Waals surface area contributed by atoms with E-state index in [0.29, 0.717) is 13.1 Å². The minimum atomic E-state index is -3.20. The molecule has 0 radical (unpaired) electrons. The van der Waals surface area contributed by atoms with Gasteiger partial charge in [-0.05, 0) is 19.2 Å². The van der Waals surface area contributed by atoms with Crippen LogP contribution in [0, 0.1) is 0 Å². The number of sulfone groups is 1. The van der Waals surface area contributed by atoms with Crippen LogP contribution in [0.1, 0.15) is 11.5 Å². The van der Waals surface area contributed by atoms with Gasteiger partial charge in [-0.15, -0.1) is 0 Å². The smallest absolute Gasteiger partial charge is 0.178 e. The molecule has 0 spiro atoms. The topological polar surface area (TPSA) is 77.1 Å². The Hall–Kier alpha value is -1.60. The standard InChI is InChI=1S/C11H15N3O3S/c1-12-5-9-3-4-10(17-9)7-14-8-11(6-13-14)18(2,15)16/h3-4,6,8,12H,5,7H2,1-2H3.